The first-order valence-corrected chi connectivity index (χ1v) is 7.64. The fourth-order valence-electron chi connectivity index (χ4n) is 3.10. The van der Waals surface area contributed by atoms with Gasteiger partial charge in [-0.25, -0.2) is 4.39 Å². The van der Waals surface area contributed by atoms with Gasteiger partial charge in [-0.2, -0.15) is 0 Å². The summed E-state index contributed by atoms with van der Waals surface area (Å²) in [5.74, 6) is -0.266. The highest BCUT2D eigenvalue weighted by Crippen LogP contribution is 2.45. The van der Waals surface area contributed by atoms with Crippen LogP contribution in [0, 0.1) is 11.2 Å². The van der Waals surface area contributed by atoms with Gasteiger partial charge in [0, 0.05) is 5.02 Å². The molecule has 21 heavy (non-hydrogen) atoms. The Morgan fingerprint density at radius 2 is 1.95 bits per heavy atom. The maximum Gasteiger partial charge on any atom is 0.146 e. The Morgan fingerprint density at radius 1 is 1.19 bits per heavy atom. The van der Waals surface area contributed by atoms with Gasteiger partial charge in [0.2, 0.25) is 0 Å². The molecule has 1 aliphatic carbocycles. The summed E-state index contributed by atoms with van der Waals surface area (Å²) in [6.07, 6.45) is 2.14. The number of anilines is 1. The molecule has 0 amide bonds. The van der Waals surface area contributed by atoms with Gasteiger partial charge in [0.25, 0.3) is 0 Å². The van der Waals surface area contributed by atoms with Crippen LogP contribution in [0.4, 0.5) is 10.1 Å². The highest BCUT2D eigenvalue weighted by molar-refractivity contribution is 6.30. The summed E-state index contributed by atoms with van der Waals surface area (Å²) >= 11 is 6.00. The number of aryl methyl sites for hydroxylation is 1. The fourth-order valence-corrected chi connectivity index (χ4v) is 3.27. The van der Waals surface area contributed by atoms with E-state index in [1.54, 1.807) is 12.1 Å². The van der Waals surface area contributed by atoms with Crippen molar-refractivity contribution >= 4 is 17.3 Å². The maximum atomic E-state index is 14.0. The number of hydrogen-bond acceptors (Lipinski definition) is 1. The predicted octanol–water partition coefficient (Wildman–Crippen LogP) is 5.60. The lowest BCUT2D eigenvalue weighted by Crippen LogP contribution is -2.33. The summed E-state index contributed by atoms with van der Waals surface area (Å²) in [5, 5.41) is 3.92. The summed E-state index contributed by atoms with van der Waals surface area (Å²) < 4.78 is 14.0. The SMILES string of the molecule is CC1(C)CCc2ccccc2C1Nc1cc(Cl)ccc1F. The molecule has 0 spiro atoms. The zero-order valence-electron chi connectivity index (χ0n) is 12.3. The topological polar surface area (TPSA) is 12.0 Å². The minimum Gasteiger partial charge on any atom is -0.375 e. The molecule has 1 atom stereocenters. The van der Waals surface area contributed by atoms with Crippen molar-refractivity contribution in [2.45, 2.75) is 32.7 Å². The molecule has 0 aromatic heterocycles. The van der Waals surface area contributed by atoms with Gasteiger partial charge in [-0.15, -0.1) is 0 Å². The number of benzene rings is 2. The van der Waals surface area contributed by atoms with E-state index in [1.165, 1.54) is 17.2 Å². The molecule has 0 radical (unpaired) electrons. The van der Waals surface area contributed by atoms with Crippen molar-refractivity contribution in [3.05, 3.63) is 64.4 Å². The van der Waals surface area contributed by atoms with Crippen LogP contribution in [-0.4, -0.2) is 0 Å². The van der Waals surface area contributed by atoms with E-state index in [4.69, 9.17) is 11.6 Å². The number of hydrogen-bond donors (Lipinski definition) is 1. The second-order valence-electron chi connectivity index (χ2n) is 6.39. The second-order valence-corrected chi connectivity index (χ2v) is 6.83. The van der Waals surface area contributed by atoms with E-state index < -0.39 is 0 Å². The number of nitrogens with one attached hydrogen (secondary N) is 1. The zero-order valence-corrected chi connectivity index (χ0v) is 13.0. The molecule has 0 fully saturated rings. The highest BCUT2D eigenvalue weighted by Gasteiger charge is 2.36. The molecular formula is C18H19ClFN. The zero-order chi connectivity index (χ0) is 15.0. The van der Waals surface area contributed by atoms with Crippen LogP contribution in [0.3, 0.4) is 0 Å². The minimum absolute atomic E-state index is 0.0586. The lowest BCUT2D eigenvalue weighted by atomic mass is 9.70. The predicted molar refractivity (Wildman–Crippen MR) is 86.3 cm³/mol. The summed E-state index contributed by atoms with van der Waals surface area (Å²) in [5.41, 5.74) is 3.13. The summed E-state index contributed by atoms with van der Waals surface area (Å²) in [7, 11) is 0. The molecule has 0 saturated carbocycles. The molecule has 3 heteroatoms. The lowest BCUT2D eigenvalue weighted by Gasteiger charge is -2.41. The van der Waals surface area contributed by atoms with Crippen LogP contribution in [0.15, 0.2) is 42.5 Å². The lowest BCUT2D eigenvalue weighted by molar-refractivity contribution is 0.265. The van der Waals surface area contributed by atoms with Gasteiger partial charge in [-0.3, -0.25) is 0 Å². The van der Waals surface area contributed by atoms with Crippen LogP contribution in [0.2, 0.25) is 5.02 Å². The van der Waals surface area contributed by atoms with Crippen LogP contribution in [0.1, 0.15) is 37.4 Å². The third-order valence-corrected chi connectivity index (χ3v) is 4.65. The Morgan fingerprint density at radius 3 is 2.76 bits per heavy atom. The number of halogens is 2. The van der Waals surface area contributed by atoms with E-state index in [-0.39, 0.29) is 17.3 Å². The van der Waals surface area contributed by atoms with E-state index >= 15 is 0 Å². The van der Waals surface area contributed by atoms with Gasteiger partial charge in [0.1, 0.15) is 5.82 Å². The molecule has 1 unspecified atom stereocenters. The van der Waals surface area contributed by atoms with E-state index in [2.05, 4.69) is 37.4 Å². The smallest absolute Gasteiger partial charge is 0.146 e. The monoisotopic (exact) mass is 303 g/mol. The quantitative estimate of drug-likeness (QED) is 0.761. The van der Waals surface area contributed by atoms with Gasteiger partial charge >= 0.3 is 0 Å². The van der Waals surface area contributed by atoms with Crippen LogP contribution in [-0.2, 0) is 6.42 Å². The maximum absolute atomic E-state index is 14.0. The first-order valence-electron chi connectivity index (χ1n) is 7.27. The third-order valence-electron chi connectivity index (χ3n) is 4.41. The molecule has 1 N–H and O–H groups in total. The molecule has 2 aromatic carbocycles. The molecular weight excluding hydrogens is 285 g/mol. The van der Waals surface area contributed by atoms with Crippen molar-refractivity contribution in [3.8, 4) is 0 Å². The van der Waals surface area contributed by atoms with Gasteiger partial charge in [-0.05, 0) is 47.6 Å². The Bertz CT molecular complexity index is 666. The average molecular weight is 304 g/mol. The first-order chi connectivity index (χ1) is 9.97. The van der Waals surface area contributed by atoms with Crippen molar-refractivity contribution in [1.82, 2.24) is 0 Å². The minimum atomic E-state index is -0.266. The van der Waals surface area contributed by atoms with Gasteiger partial charge < -0.3 is 5.32 Å². The molecule has 0 aliphatic heterocycles. The number of fused-ring (bicyclic) bond motifs is 1. The molecule has 1 nitrogen and oxygen atoms in total. The first kappa shape index (κ1) is 14.4. The van der Waals surface area contributed by atoms with E-state index in [0.29, 0.717) is 10.7 Å². The normalized spacial score (nSPS) is 19.9. The van der Waals surface area contributed by atoms with Crippen LogP contribution in [0.25, 0.3) is 0 Å². The average Bonchev–Trinajstić information content (AvgIpc) is 2.46. The highest BCUT2D eigenvalue weighted by atomic mass is 35.5. The van der Waals surface area contributed by atoms with E-state index in [1.807, 2.05) is 6.07 Å². The van der Waals surface area contributed by atoms with E-state index in [0.717, 1.165) is 12.8 Å². The van der Waals surface area contributed by atoms with Crippen molar-refractivity contribution in [2.24, 2.45) is 5.41 Å². The molecule has 1 aliphatic rings. The molecule has 2 aromatic rings. The molecule has 0 saturated heterocycles. The Labute approximate surface area is 130 Å². The number of rotatable bonds is 2. The molecule has 0 bridgehead atoms. The molecule has 3 rings (SSSR count). The Balaban J connectivity index is 2.01. The molecule has 0 heterocycles. The van der Waals surface area contributed by atoms with Crippen LogP contribution >= 0.6 is 11.6 Å². The Hall–Kier alpha value is -1.54. The van der Waals surface area contributed by atoms with Crippen molar-refractivity contribution in [3.63, 3.8) is 0 Å². The van der Waals surface area contributed by atoms with Crippen LogP contribution < -0.4 is 5.32 Å². The van der Waals surface area contributed by atoms with Crippen molar-refractivity contribution in [2.75, 3.05) is 5.32 Å². The van der Waals surface area contributed by atoms with Crippen molar-refractivity contribution in [1.29, 1.82) is 0 Å². The largest absolute Gasteiger partial charge is 0.375 e. The van der Waals surface area contributed by atoms with Gasteiger partial charge in [0.05, 0.1) is 11.7 Å². The summed E-state index contributed by atoms with van der Waals surface area (Å²) in [4.78, 5) is 0. The summed E-state index contributed by atoms with van der Waals surface area (Å²) in [6, 6.07) is 13.1. The van der Waals surface area contributed by atoms with Crippen molar-refractivity contribution < 1.29 is 4.39 Å². The molecule has 110 valence electrons. The van der Waals surface area contributed by atoms with Gasteiger partial charge in [0.15, 0.2) is 0 Å². The van der Waals surface area contributed by atoms with Gasteiger partial charge in [-0.1, -0.05) is 49.7 Å². The standard InChI is InChI=1S/C18H19ClFN/c1-18(2)10-9-12-5-3-4-6-14(12)17(18)21-16-11-13(19)7-8-15(16)20/h3-8,11,17,21H,9-10H2,1-2H3. The van der Waals surface area contributed by atoms with Crippen LogP contribution in [0.5, 0.6) is 0 Å². The second kappa shape index (κ2) is 5.34. The summed E-state index contributed by atoms with van der Waals surface area (Å²) in [6.45, 7) is 4.45. The fraction of sp³-hybridized carbons (Fsp3) is 0.333. The third kappa shape index (κ3) is 2.77. The Kier molecular flexibility index (Phi) is 3.66. The van der Waals surface area contributed by atoms with E-state index in [9.17, 15) is 4.39 Å².